The van der Waals surface area contributed by atoms with Crippen molar-refractivity contribution in [1.29, 1.82) is 0 Å². The summed E-state index contributed by atoms with van der Waals surface area (Å²) in [7, 11) is 6.12. The fraction of sp³-hybridized carbons (Fsp3) is 0.292. The number of aromatic nitrogens is 2. The molecule has 0 fully saturated rings. The molecule has 0 bridgehead atoms. The number of benzene rings is 2. The van der Waals surface area contributed by atoms with E-state index >= 15 is 0 Å². The van der Waals surface area contributed by atoms with E-state index in [1.54, 1.807) is 20.2 Å². The molecule has 3 rings (SSSR count). The first kappa shape index (κ1) is 25.3. The number of carbonyl (C=O) groups is 1. The lowest BCUT2D eigenvalue weighted by atomic mass is 10.1. The number of phenols is 1. The fourth-order valence-corrected chi connectivity index (χ4v) is 3.07. The topological polar surface area (TPSA) is 109 Å². The first-order valence-electron chi connectivity index (χ1n) is 10.6. The van der Waals surface area contributed by atoms with E-state index in [1.165, 1.54) is 40.5 Å². The van der Waals surface area contributed by atoms with Gasteiger partial charge < -0.3 is 20.6 Å². The Bertz CT molecular complexity index is 1230. The predicted octanol–water partition coefficient (Wildman–Crippen LogP) is 2.87. The lowest BCUT2D eigenvalue weighted by Gasteiger charge is -2.18. The van der Waals surface area contributed by atoms with Crippen LogP contribution >= 0.6 is 0 Å². The Morgan fingerprint density at radius 3 is 2.06 bits per heavy atom. The molecule has 0 aliphatic heterocycles. The molecule has 0 aliphatic rings. The van der Waals surface area contributed by atoms with Gasteiger partial charge in [-0.05, 0) is 17.7 Å². The molecule has 0 saturated heterocycles. The van der Waals surface area contributed by atoms with E-state index in [0.29, 0.717) is 6.54 Å². The van der Waals surface area contributed by atoms with Crippen molar-refractivity contribution >= 4 is 23.0 Å². The SMILES string of the molecule is CC.CN(C)C(=O)c1cccc(Nc2c(NCc3ccccc3)c(=O)n(C)n(C)c2=O)c1O. The maximum absolute atomic E-state index is 13.0. The van der Waals surface area contributed by atoms with Crippen LogP contribution < -0.4 is 21.8 Å². The second-order valence-corrected chi connectivity index (χ2v) is 7.27. The molecule has 2 aromatic carbocycles. The Morgan fingerprint density at radius 2 is 1.48 bits per heavy atom. The van der Waals surface area contributed by atoms with Gasteiger partial charge in [0.25, 0.3) is 17.0 Å². The second kappa shape index (κ2) is 11.0. The number of nitrogens with one attached hydrogen (secondary N) is 2. The van der Waals surface area contributed by atoms with Crippen LogP contribution in [0.1, 0.15) is 29.8 Å². The molecule has 1 amide bonds. The average molecular weight is 454 g/mol. The molecule has 176 valence electrons. The largest absolute Gasteiger partial charge is 0.505 e. The van der Waals surface area contributed by atoms with Crippen LogP contribution in [0.3, 0.4) is 0 Å². The number of phenolic OH excluding ortho intramolecular Hbond substituents is 1. The summed E-state index contributed by atoms with van der Waals surface area (Å²) >= 11 is 0. The zero-order valence-corrected chi connectivity index (χ0v) is 19.8. The Balaban J connectivity index is 0.00000187. The molecule has 1 heterocycles. The van der Waals surface area contributed by atoms with Crippen molar-refractivity contribution in [2.24, 2.45) is 14.1 Å². The molecule has 1 aromatic heterocycles. The lowest BCUT2D eigenvalue weighted by Crippen LogP contribution is -2.38. The van der Waals surface area contributed by atoms with Gasteiger partial charge in [0.15, 0.2) is 5.75 Å². The smallest absolute Gasteiger partial charge is 0.290 e. The van der Waals surface area contributed by atoms with Crippen LogP contribution in [0.4, 0.5) is 17.1 Å². The van der Waals surface area contributed by atoms with E-state index in [-0.39, 0.29) is 34.3 Å². The number of carbonyl (C=O) groups excluding carboxylic acids is 1. The highest BCUT2D eigenvalue weighted by Gasteiger charge is 2.20. The molecular formula is C24H31N5O4. The fourth-order valence-electron chi connectivity index (χ4n) is 3.07. The summed E-state index contributed by atoms with van der Waals surface area (Å²) in [6, 6.07) is 14.0. The average Bonchev–Trinajstić information content (AvgIpc) is 2.83. The third-order valence-electron chi connectivity index (χ3n) is 4.96. The third kappa shape index (κ3) is 5.43. The molecule has 0 unspecified atom stereocenters. The van der Waals surface area contributed by atoms with Crippen molar-refractivity contribution in [3.63, 3.8) is 0 Å². The van der Waals surface area contributed by atoms with Gasteiger partial charge >= 0.3 is 0 Å². The van der Waals surface area contributed by atoms with Crippen molar-refractivity contribution in [3.05, 3.63) is 80.4 Å². The van der Waals surface area contributed by atoms with E-state index in [0.717, 1.165) is 5.56 Å². The monoisotopic (exact) mass is 453 g/mol. The summed E-state index contributed by atoms with van der Waals surface area (Å²) < 4.78 is 2.37. The van der Waals surface area contributed by atoms with Gasteiger partial charge in [0.05, 0.1) is 11.3 Å². The van der Waals surface area contributed by atoms with Gasteiger partial charge in [-0.25, -0.2) is 9.36 Å². The van der Waals surface area contributed by atoms with Crippen LogP contribution in [0.2, 0.25) is 0 Å². The minimum absolute atomic E-state index is 0.0220. The molecule has 0 spiro atoms. The Labute approximate surface area is 192 Å². The number of amides is 1. The van der Waals surface area contributed by atoms with Gasteiger partial charge in [-0.2, -0.15) is 0 Å². The molecule has 33 heavy (non-hydrogen) atoms. The molecular weight excluding hydrogens is 422 g/mol. The lowest BCUT2D eigenvalue weighted by molar-refractivity contribution is 0.0824. The quantitative estimate of drug-likeness (QED) is 0.495. The molecule has 0 aliphatic carbocycles. The maximum Gasteiger partial charge on any atom is 0.290 e. The molecule has 0 radical (unpaired) electrons. The highest BCUT2D eigenvalue weighted by Crippen LogP contribution is 2.31. The first-order chi connectivity index (χ1) is 15.7. The van der Waals surface area contributed by atoms with Crippen molar-refractivity contribution in [3.8, 4) is 5.75 Å². The van der Waals surface area contributed by atoms with Crippen molar-refractivity contribution in [2.75, 3.05) is 24.7 Å². The summed E-state index contributed by atoms with van der Waals surface area (Å²) in [5, 5.41) is 16.5. The van der Waals surface area contributed by atoms with E-state index in [2.05, 4.69) is 10.6 Å². The van der Waals surface area contributed by atoms with E-state index in [4.69, 9.17) is 0 Å². The van der Waals surface area contributed by atoms with E-state index in [9.17, 15) is 19.5 Å². The number of aromatic hydroxyl groups is 1. The van der Waals surface area contributed by atoms with Gasteiger partial charge in [-0.3, -0.25) is 14.4 Å². The minimum atomic E-state index is -0.471. The van der Waals surface area contributed by atoms with E-state index in [1.807, 2.05) is 44.2 Å². The normalized spacial score (nSPS) is 10.1. The number of rotatable bonds is 6. The summed E-state index contributed by atoms with van der Waals surface area (Å²) in [6.45, 7) is 4.32. The van der Waals surface area contributed by atoms with Crippen LogP contribution in [-0.4, -0.2) is 39.4 Å². The van der Waals surface area contributed by atoms with Crippen LogP contribution in [0, 0.1) is 0 Å². The number of anilines is 3. The minimum Gasteiger partial charge on any atom is -0.505 e. The third-order valence-corrected chi connectivity index (χ3v) is 4.96. The summed E-state index contributed by atoms with van der Waals surface area (Å²) in [6.07, 6.45) is 0. The summed E-state index contributed by atoms with van der Waals surface area (Å²) in [5.41, 5.74) is 0.305. The Morgan fingerprint density at radius 1 is 0.909 bits per heavy atom. The number of para-hydroxylation sites is 1. The zero-order valence-electron chi connectivity index (χ0n) is 19.8. The van der Waals surface area contributed by atoms with Crippen LogP contribution in [0.25, 0.3) is 0 Å². The van der Waals surface area contributed by atoms with Gasteiger partial charge in [0, 0.05) is 34.7 Å². The first-order valence-corrected chi connectivity index (χ1v) is 10.6. The highest BCUT2D eigenvalue weighted by atomic mass is 16.3. The Hall–Kier alpha value is -4.01. The summed E-state index contributed by atoms with van der Waals surface area (Å²) in [4.78, 5) is 39.5. The van der Waals surface area contributed by atoms with Gasteiger partial charge in [0.2, 0.25) is 0 Å². The van der Waals surface area contributed by atoms with E-state index < -0.39 is 11.1 Å². The van der Waals surface area contributed by atoms with Gasteiger partial charge in [-0.1, -0.05) is 50.2 Å². The van der Waals surface area contributed by atoms with Crippen molar-refractivity contribution in [1.82, 2.24) is 14.3 Å². The van der Waals surface area contributed by atoms with Crippen LogP contribution in [-0.2, 0) is 20.6 Å². The molecule has 9 nitrogen and oxygen atoms in total. The number of nitrogens with zero attached hydrogens (tertiary/aromatic N) is 3. The molecule has 0 saturated carbocycles. The number of hydrogen-bond acceptors (Lipinski definition) is 6. The van der Waals surface area contributed by atoms with Gasteiger partial charge in [-0.15, -0.1) is 0 Å². The number of hydrogen-bond donors (Lipinski definition) is 3. The van der Waals surface area contributed by atoms with Gasteiger partial charge in [0.1, 0.15) is 11.4 Å². The molecule has 3 aromatic rings. The molecule has 9 heteroatoms. The standard InChI is InChI=1S/C22H25N5O4.C2H6/c1-25(2)20(29)15-11-8-12-16(19(15)28)24-18-17(21(30)26(3)27(4)22(18)31)23-13-14-9-6-5-7-10-14;1-2/h5-12,23-24,28H,13H2,1-4H3;1-2H3. The molecule has 0 atom stereocenters. The van der Waals surface area contributed by atoms with Crippen LogP contribution in [0.5, 0.6) is 5.75 Å². The maximum atomic E-state index is 13.0. The predicted molar refractivity (Wildman–Crippen MR) is 131 cm³/mol. The van der Waals surface area contributed by atoms with Crippen molar-refractivity contribution in [2.45, 2.75) is 20.4 Å². The van der Waals surface area contributed by atoms with Crippen molar-refractivity contribution < 1.29 is 9.90 Å². The highest BCUT2D eigenvalue weighted by molar-refractivity contribution is 5.98. The summed E-state index contributed by atoms with van der Waals surface area (Å²) in [5.74, 6) is -0.696. The Kier molecular flexibility index (Phi) is 8.44. The molecule has 3 N–H and O–H groups in total. The van der Waals surface area contributed by atoms with Crippen LogP contribution in [0.15, 0.2) is 58.1 Å². The second-order valence-electron chi connectivity index (χ2n) is 7.27. The zero-order chi connectivity index (χ0) is 24.7.